The van der Waals surface area contributed by atoms with Gasteiger partial charge in [0.25, 0.3) is 0 Å². The van der Waals surface area contributed by atoms with Crippen LogP contribution in [-0.4, -0.2) is 28.4 Å². The number of benzene rings is 1. The van der Waals surface area contributed by atoms with Gasteiger partial charge in [-0.3, -0.25) is 9.59 Å². The van der Waals surface area contributed by atoms with Gasteiger partial charge in [0.15, 0.2) is 11.6 Å². The van der Waals surface area contributed by atoms with Crippen LogP contribution in [0.15, 0.2) is 18.2 Å². The van der Waals surface area contributed by atoms with Crippen LogP contribution in [0.25, 0.3) is 0 Å². The number of amides is 1. The molecule has 0 atom stereocenters. The Kier molecular flexibility index (Phi) is 4.76. The molecule has 0 radical (unpaired) electrons. The molecule has 0 saturated carbocycles. The second kappa shape index (κ2) is 6.09. The Bertz CT molecular complexity index is 463. The van der Waals surface area contributed by atoms with E-state index in [1.54, 1.807) is 0 Å². The number of rotatable bonds is 5. The number of carbonyl (C=O) groups excluding carboxylic acids is 1. The average molecular weight is 257 g/mol. The van der Waals surface area contributed by atoms with E-state index in [0.29, 0.717) is 0 Å². The summed E-state index contributed by atoms with van der Waals surface area (Å²) in [6, 6.07) is 3.67. The topological polar surface area (TPSA) is 57.6 Å². The summed E-state index contributed by atoms with van der Waals surface area (Å²) in [4.78, 5) is 22.9. The number of nitrogens with zero attached hydrogens (tertiary/aromatic N) is 1. The van der Waals surface area contributed by atoms with E-state index >= 15 is 0 Å². The highest BCUT2D eigenvalue weighted by molar-refractivity contribution is 5.74. The molecule has 1 rings (SSSR count). The Labute approximate surface area is 103 Å². The molecule has 98 valence electrons. The second-order valence-electron chi connectivity index (χ2n) is 3.80. The molecule has 0 aromatic heterocycles. The van der Waals surface area contributed by atoms with Crippen LogP contribution in [0.5, 0.6) is 0 Å². The van der Waals surface area contributed by atoms with Gasteiger partial charge < -0.3 is 10.0 Å². The zero-order valence-corrected chi connectivity index (χ0v) is 9.82. The smallest absolute Gasteiger partial charge is 0.305 e. The third-order valence-electron chi connectivity index (χ3n) is 2.43. The van der Waals surface area contributed by atoms with Gasteiger partial charge in [-0.25, -0.2) is 8.78 Å². The fourth-order valence-electron chi connectivity index (χ4n) is 1.45. The summed E-state index contributed by atoms with van der Waals surface area (Å²) in [6.07, 6.45) is -0.240. The van der Waals surface area contributed by atoms with E-state index in [1.807, 2.05) is 0 Å². The molecule has 0 unspecified atom stereocenters. The highest BCUT2D eigenvalue weighted by Gasteiger charge is 2.15. The Balaban J connectivity index is 2.80. The van der Waals surface area contributed by atoms with Gasteiger partial charge in [-0.2, -0.15) is 0 Å². The third-order valence-corrected chi connectivity index (χ3v) is 2.43. The number of carboxylic acid groups (broad SMARTS) is 1. The van der Waals surface area contributed by atoms with Gasteiger partial charge >= 0.3 is 5.97 Å². The summed E-state index contributed by atoms with van der Waals surface area (Å²) in [5.74, 6) is -3.45. The van der Waals surface area contributed by atoms with Gasteiger partial charge in [-0.1, -0.05) is 12.1 Å². The summed E-state index contributed by atoms with van der Waals surface area (Å²) in [7, 11) is 0. The van der Waals surface area contributed by atoms with E-state index in [1.165, 1.54) is 19.1 Å². The molecule has 0 aliphatic carbocycles. The van der Waals surface area contributed by atoms with Crippen LogP contribution in [0.4, 0.5) is 8.78 Å². The minimum absolute atomic E-state index is 0.0237. The van der Waals surface area contributed by atoms with Crippen LogP contribution in [0, 0.1) is 11.6 Å². The highest BCUT2D eigenvalue weighted by atomic mass is 19.2. The lowest BCUT2D eigenvalue weighted by Crippen LogP contribution is -2.30. The molecule has 1 N–H and O–H groups in total. The summed E-state index contributed by atoms with van der Waals surface area (Å²) >= 11 is 0. The Hall–Kier alpha value is -1.98. The van der Waals surface area contributed by atoms with Crippen molar-refractivity contribution in [2.24, 2.45) is 0 Å². The number of carbonyl (C=O) groups is 2. The molecule has 1 amide bonds. The van der Waals surface area contributed by atoms with Crippen LogP contribution >= 0.6 is 0 Å². The molecule has 4 nitrogen and oxygen atoms in total. The maximum Gasteiger partial charge on any atom is 0.305 e. The monoisotopic (exact) mass is 257 g/mol. The SMILES string of the molecule is CC(=O)N(CCC(=O)O)Cc1cccc(F)c1F. The minimum Gasteiger partial charge on any atom is -0.481 e. The number of halogens is 2. The van der Waals surface area contributed by atoms with Crippen molar-refractivity contribution < 1.29 is 23.5 Å². The molecule has 0 heterocycles. The maximum atomic E-state index is 13.4. The lowest BCUT2D eigenvalue weighted by molar-refractivity contribution is -0.138. The molecule has 0 aliphatic rings. The summed E-state index contributed by atoms with van der Waals surface area (Å²) < 4.78 is 26.4. The second-order valence-corrected chi connectivity index (χ2v) is 3.80. The van der Waals surface area contributed by atoms with Crippen molar-refractivity contribution in [3.8, 4) is 0 Å². The lowest BCUT2D eigenvalue weighted by Gasteiger charge is -2.20. The van der Waals surface area contributed by atoms with Crippen molar-refractivity contribution >= 4 is 11.9 Å². The van der Waals surface area contributed by atoms with E-state index in [4.69, 9.17) is 5.11 Å². The molecule has 0 fully saturated rings. The van der Waals surface area contributed by atoms with Crippen molar-refractivity contribution in [3.05, 3.63) is 35.4 Å². The molecular formula is C12H13F2NO3. The van der Waals surface area contributed by atoms with E-state index in [9.17, 15) is 18.4 Å². The first-order valence-electron chi connectivity index (χ1n) is 5.32. The van der Waals surface area contributed by atoms with Crippen molar-refractivity contribution in [1.29, 1.82) is 0 Å². The number of carboxylic acids is 1. The Morgan fingerprint density at radius 3 is 2.56 bits per heavy atom. The summed E-state index contributed by atoms with van der Waals surface area (Å²) in [5, 5.41) is 8.54. The van der Waals surface area contributed by atoms with Gasteiger partial charge in [-0.15, -0.1) is 0 Å². The first kappa shape index (κ1) is 14.1. The van der Waals surface area contributed by atoms with E-state index in [2.05, 4.69) is 0 Å². The van der Waals surface area contributed by atoms with Gasteiger partial charge in [0.2, 0.25) is 5.91 Å². The predicted molar refractivity (Wildman–Crippen MR) is 59.7 cm³/mol. The fraction of sp³-hybridized carbons (Fsp3) is 0.333. The first-order valence-corrected chi connectivity index (χ1v) is 5.32. The zero-order valence-electron chi connectivity index (χ0n) is 9.82. The number of aliphatic carboxylic acids is 1. The molecular weight excluding hydrogens is 244 g/mol. The Morgan fingerprint density at radius 1 is 1.33 bits per heavy atom. The van der Waals surface area contributed by atoms with E-state index < -0.39 is 17.6 Å². The quantitative estimate of drug-likeness (QED) is 0.874. The predicted octanol–water partition coefficient (Wildman–Crippen LogP) is 1.79. The molecule has 1 aromatic carbocycles. The number of hydrogen-bond acceptors (Lipinski definition) is 2. The molecule has 0 spiro atoms. The normalized spacial score (nSPS) is 10.2. The van der Waals surface area contributed by atoms with Gasteiger partial charge in [0.1, 0.15) is 0 Å². The standard InChI is InChI=1S/C12H13F2NO3/c1-8(16)15(6-5-11(17)18)7-9-3-2-4-10(13)12(9)14/h2-4H,5-7H2,1H3,(H,17,18). The van der Waals surface area contributed by atoms with Crippen LogP contribution in [-0.2, 0) is 16.1 Å². The lowest BCUT2D eigenvalue weighted by atomic mass is 10.2. The molecule has 18 heavy (non-hydrogen) atoms. The third kappa shape index (κ3) is 3.80. The average Bonchev–Trinajstić information content (AvgIpc) is 2.29. The van der Waals surface area contributed by atoms with Crippen LogP contribution in [0.3, 0.4) is 0 Å². The first-order chi connectivity index (χ1) is 8.41. The molecule has 0 bridgehead atoms. The fourth-order valence-corrected chi connectivity index (χ4v) is 1.45. The van der Waals surface area contributed by atoms with Crippen molar-refractivity contribution in [2.75, 3.05) is 6.54 Å². The molecule has 6 heteroatoms. The van der Waals surface area contributed by atoms with Gasteiger partial charge in [-0.05, 0) is 6.07 Å². The summed E-state index contributed by atoms with van der Waals surface area (Å²) in [5.41, 5.74) is 0.0237. The summed E-state index contributed by atoms with van der Waals surface area (Å²) in [6.45, 7) is 1.06. The highest BCUT2D eigenvalue weighted by Crippen LogP contribution is 2.14. The number of hydrogen-bond donors (Lipinski definition) is 1. The molecule has 0 aliphatic heterocycles. The Morgan fingerprint density at radius 2 is 2.00 bits per heavy atom. The van der Waals surface area contributed by atoms with Crippen molar-refractivity contribution in [1.82, 2.24) is 4.90 Å². The maximum absolute atomic E-state index is 13.4. The van der Waals surface area contributed by atoms with Crippen LogP contribution < -0.4 is 0 Å². The van der Waals surface area contributed by atoms with Crippen molar-refractivity contribution in [3.63, 3.8) is 0 Å². The van der Waals surface area contributed by atoms with Crippen molar-refractivity contribution in [2.45, 2.75) is 19.9 Å². The van der Waals surface area contributed by atoms with Crippen LogP contribution in [0.1, 0.15) is 18.9 Å². The van der Waals surface area contributed by atoms with Gasteiger partial charge in [0.05, 0.1) is 6.42 Å². The van der Waals surface area contributed by atoms with E-state index in [-0.39, 0.29) is 31.0 Å². The van der Waals surface area contributed by atoms with Crippen LogP contribution in [0.2, 0.25) is 0 Å². The molecule has 0 saturated heterocycles. The van der Waals surface area contributed by atoms with E-state index in [0.717, 1.165) is 11.0 Å². The van der Waals surface area contributed by atoms with Gasteiger partial charge in [0, 0.05) is 25.6 Å². The largest absolute Gasteiger partial charge is 0.481 e. The minimum atomic E-state index is -1.05. The zero-order chi connectivity index (χ0) is 13.7. The molecule has 1 aromatic rings.